The van der Waals surface area contributed by atoms with Gasteiger partial charge in [0.05, 0.1) is 15.5 Å². The van der Waals surface area contributed by atoms with E-state index in [9.17, 15) is 23.3 Å². The Hall–Kier alpha value is -2.86. The monoisotopic (exact) mass is 377 g/mol. The predicted molar refractivity (Wildman–Crippen MR) is 69.8 cm³/mol. The smallest absolute Gasteiger partial charge is 0.404 e. The van der Waals surface area contributed by atoms with E-state index < -0.39 is 28.4 Å². The quantitative estimate of drug-likeness (QED) is 0.488. The number of nitro groups is 1. The summed E-state index contributed by atoms with van der Waals surface area (Å²) in [6.45, 7) is 0. The molecule has 0 aliphatic heterocycles. The molecule has 0 amide bonds. The Morgan fingerprint density at radius 3 is 2.45 bits per heavy atom. The van der Waals surface area contributed by atoms with Crippen molar-refractivity contribution < 1.29 is 22.8 Å². The first kappa shape index (κ1) is 17.2. The molecular formula is C10H3BrF3N5O3. The number of rotatable bonds is 4. The Kier molecular flexibility index (Phi) is 5.26. The lowest BCUT2D eigenvalue weighted by Crippen LogP contribution is -2.17. The third-order valence-electron chi connectivity index (χ3n) is 1.97. The number of benzene rings is 1. The molecule has 1 aromatic carbocycles. The molecule has 0 aliphatic rings. The average Bonchev–Trinajstić information content (AvgIpc) is 2.40. The van der Waals surface area contributed by atoms with Crippen LogP contribution in [0, 0.1) is 32.8 Å². The molecule has 1 rings (SSSR count). The molecule has 0 unspecified atom stereocenters. The first-order chi connectivity index (χ1) is 10.2. The van der Waals surface area contributed by atoms with Gasteiger partial charge in [0.2, 0.25) is 5.71 Å². The molecule has 8 nitrogen and oxygen atoms in total. The van der Waals surface area contributed by atoms with E-state index in [0.717, 1.165) is 6.07 Å². The molecule has 1 aromatic rings. The van der Waals surface area contributed by atoms with E-state index in [4.69, 9.17) is 10.5 Å². The van der Waals surface area contributed by atoms with E-state index in [1.54, 1.807) is 0 Å². The number of nitro benzene ring substituents is 1. The zero-order valence-electron chi connectivity index (χ0n) is 10.2. The van der Waals surface area contributed by atoms with Gasteiger partial charge in [-0.1, -0.05) is 0 Å². The maximum Gasteiger partial charge on any atom is 0.573 e. The lowest BCUT2D eigenvalue weighted by atomic mass is 10.2. The summed E-state index contributed by atoms with van der Waals surface area (Å²) in [6, 6.07) is 4.22. The van der Waals surface area contributed by atoms with Crippen LogP contribution in [0.5, 0.6) is 5.75 Å². The van der Waals surface area contributed by atoms with Crippen molar-refractivity contribution in [1.29, 1.82) is 10.5 Å². The Balaban J connectivity index is 3.28. The van der Waals surface area contributed by atoms with Gasteiger partial charge in [-0.2, -0.15) is 15.6 Å². The first-order valence-electron chi connectivity index (χ1n) is 5.05. The van der Waals surface area contributed by atoms with Gasteiger partial charge in [0, 0.05) is 0 Å². The highest BCUT2D eigenvalue weighted by atomic mass is 79.9. The number of nitrogens with one attached hydrogen (secondary N) is 1. The average molecular weight is 378 g/mol. The third-order valence-corrected chi connectivity index (χ3v) is 2.59. The number of hydrazone groups is 1. The third kappa shape index (κ3) is 4.60. The standard InChI is InChI=1S/C10H3BrF3N5O3/c11-6-1-7(18-17-5(3-15)4-16)8(19(20)21)2-9(6)22-10(12,13)14/h1-2,18H. The van der Waals surface area contributed by atoms with E-state index in [2.05, 4.69) is 31.2 Å². The maximum absolute atomic E-state index is 12.2. The fraction of sp³-hybridized carbons (Fsp3) is 0.100. The molecule has 1 N–H and O–H groups in total. The van der Waals surface area contributed by atoms with E-state index in [-0.39, 0.29) is 10.2 Å². The number of nitrogens with zero attached hydrogens (tertiary/aromatic N) is 4. The maximum atomic E-state index is 12.2. The number of alkyl halides is 3. The van der Waals surface area contributed by atoms with Crippen LogP contribution in [0.4, 0.5) is 24.5 Å². The highest BCUT2D eigenvalue weighted by Crippen LogP contribution is 2.38. The van der Waals surface area contributed by atoms with Gasteiger partial charge in [-0.15, -0.1) is 13.2 Å². The molecule has 0 saturated heterocycles. The molecule has 0 heterocycles. The van der Waals surface area contributed by atoms with Gasteiger partial charge in [-0.25, -0.2) is 0 Å². The number of anilines is 1. The summed E-state index contributed by atoms with van der Waals surface area (Å²) in [7, 11) is 0. The van der Waals surface area contributed by atoms with E-state index in [1.165, 1.54) is 12.1 Å². The second-order valence-electron chi connectivity index (χ2n) is 3.40. The van der Waals surface area contributed by atoms with Crippen LogP contribution in [0.3, 0.4) is 0 Å². The van der Waals surface area contributed by atoms with Crippen LogP contribution >= 0.6 is 15.9 Å². The van der Waals surface area contributed by atoms with E-state index in [0.29, 0.717) is 6.07 Å². The van der Waals surface area contributed by atoms with Crippen LogP contribution in [0.15, 0.2) is 21.7 Å². The Morgan fingerprint density at radius 1 is 1.41 bits per heavy atom. The first-order valence-corrected chi connectivity index (χ1v) is 5.85. The van der Waals surface area contributed by atoms with Crippen molar-refractivity contribution in [3.63, 3.8) is 0 Å². The minimum atomic E-state index is -5.03. The largest absolute Gasteiger partial charge is 0.573 e. The number of nitriles is 2. The van der Waals surface area contributed by atoms with Crippen LogP contribution in [0.2, 0.25) is 0 Å². The summed E-state index contributed by atoms with van der Waals surface area (Å²) in [5, 5.41) is 31.1. The van der Waals surface area contributed by atoms with Crippen molar-refractivity contribution in [3.05, 3.63) is 26.7 Å². The summed E-state index contributed by atoms with van der Waals surface area (Å²) in [4.78, 5) is 9.89. The van der Waals surface area contributed by atoms with Crippen LogP contribution in [0.1, 0.15) is 0 Å². The molecule has 12 heteroatoms. The molecule has 0 aliphatic carbocycles. The summed E-state index contributed by atoms with van der Waals surface area (Å²) in [6.07, 6.45) is -5.03. The van der Waals surface area contributed by atoms with Gasteiger partial charge in [0.1, 0.15) is 17.8 Å². The molecule has 0 aromatic heterocycles. The van der Waals surface area contributed by atoms with Crippen LogP contribution in [-0.4, -0.2) is 17.0 Å². The molecule has 0 saturated carbocycles. The van der Waals surface area contributed by atoms with Crippen molar-refractivity contribution in [2.45, 2.75) is 6.36 Å². The summed E-state index contributed by atoms with van der Waals surface area (Å²) < 4.78 is 39.9. The van der Waals surface area contributed by atoms with Crippen molar-refractivity contribution in [2.24, 2.45) is 5.10 Å². The SMILES string of the molecule is N#CC(C#N)=NNc1cc(Br)c(OC(F)(F)F)cc1[N+](=O)[O-]. The summed E-state index contributed by atoms with van der Waals surface area (Å²) in [5.74, 6) is -0.825. The molecule has 114 valence electrons. The van der Waals surface area contributed by atoms with Crippen molar-refractivity contribution in [1.82, 2.24) is 0 Å². The highest BCUT2D eigenvalue weighted by molar-refractivity contribution is 9.10. The van der Waals surface area contributed by atoms with Gasteiger partial charge in [-0.05, 0) is 22.0 Å². The van der Waals surface area contributed by atoms with Gasteiger partial charge in [-0.3, -0.25) is 15.5 Å². The van der Waals surface area contributed by atoms with Gasteiger partial charge in [0.15, 0.2) is 5.75 Å². The molecule has 0 spiro atoms. The molecule has 0 radical (unpaired) electrons. The van der Waals surface area contributed by atoms with Gasteiger partial charge < -0.3 is 4.74 Å². The Bertz CT molecular complexity index is 704. The minimum absolute atomic E-state index is 0.247. The topological polar surface area (TPSA) is 124 Å². The molecule has 0 fully saturated rings. The van der Waals surface area contributed by atoms with Crippen molar-refractivity contribution >= 4 is 33.0 Å². The molecule has 0 bridgehead atoms. The van der Waals surface area contributed by atoms with E-state index >= 15 is 0 Å². The van der Waals surface area contributed by atoms with Gasteiger partial charge in [0.25, 0.3) is 5.69 Å². The number of hydrogen-bond donors (Lipinski definition) is 1. The molecular weight excluding hydrogens is 375 g/mol. The Morgan fingerprint density at radius 2 is 2.00 bits per heavy atom. The van der Waals surface area contributed by atoms with Crippen molar-refractivity contribution in [3.8, 4) is 17.9 Å². The Labute approximate surface area is 128 Å². The predicted octanol–water partition coefficient (Wildman–Crippen LogP) is 3.07. The lowest BCUT2D eigenvalue weighted by molar-refractivity contribution is -0.384. The van der Waals surface area contributed by atoms with Crippen molar-refractivity contribution in [2.75, 3.05) is 5.43 Å². The molecule has 22 heavy (non-hydrogen) atoms. The molecule has 0 atom stereocenters. The lowest BCUT2D eigenvalue weighted by Gasteiger charge is -2.11. The van der Waals surface area contributed by atoms with Crippen LogP contribution in [0.25, 0.3) is 0 Å². The number of ether oxygens (including phenoxy) is 1. The number of halogens is 4. The minimum Gasteiger partial charge on any atom is -0.404 e. The summed E-state index contributed by atoms with van der Waals surface area (Å²) >= 11 is 2.76. The second kappa shape index (κ2) is 6.73. The van der Waals surface area contributed by atoms with Crippen LogP contribution in [-0.2, 0) is 0 Å². The number of hydrogen-bond acceptors (Lipinski definition) is 7. The zero-order valence-corrected chi connectivity index (χ0v) is 11.8. The zero-order chi connectivity index (χ0) is 16.9. The summed E-state index contributed by atoms with van der Waals surface area (Å²) in [5.41, 5.74) is 0.309. The van der Waals surface area contributed by atoms with Crippen LogP contribution < -0.4 is 10.2 Å². The normalized spacial score (nSPS) is 10.1. The van der Waals surface area contributed by atoms with E-state index in [1.807, 2.05) is 0 Å². The van der Waals surface area contributed by atoms with Gasteiger partial charge >= 0.3 is 6.36 Å². The highest BCUT2D eigenvalue weighted by Gasteiger charge is 2.33. The fourth-order valence-corrected chi connectivity index (χ4v) is 1.60. The fourth-order valence-electron chi connectivity index (χ4n) is 1.18. The second-order valence-corrected chi connectivity index (χ2v) is 4.25.